The Morgan fingerprint density at radius 2 is 0.674 bits per heavy atom. The van der Waals surface area contributed by atoms with E-state index in [0.717, 1.165) is 77.0 Å². The van der Waals surface area contributed by atoms with Crippen molar-refractivity contribution in [3.05, 3.63) is 321 Å². The number of nitrogens with one attached hydrogen (secondary N) is 2. The zero-order valence-corrected chi connectivity index (χ0v) is 89.9. The van der Waals surface area contributed by atoms with Gasteiger partial charge in [0.2, 0.25) is 11.1 Å². The van der Waals surface area contributed by atoms with Crippen LogP contribution in [0.2, 0.25) is 0 Å². The first-order chi connectivity index (χ1) is 63.2. The van der Waals surface area contributed by atoms with E-state index in [1.165, 1.54) is 112 Å². The number of nitrogens with two attached hydrogens (primary N) is 2. The van der Waals surface area contributed by atoms with Crippen molar-refractivity contribution in [2.75, 3.05) is 11.1 Å². The molecule has 15 heteroatoms. The van der Waals surface area contributed by atoms with Gasteiger partial charge in [-0.2, -0.15) is 5.10 Å². The predicted molar refractivity (Wildman–Crippen MR) is 571 cm³/mol. The predicted octanol–water partition coefficient (Wildman–Crippen LogP) is 32.4. The number of amides is 2. The Morgan fingerprint density at radius 1 is 0.363 bits per heavy atom. The van der Waals surface area contributed by atoms with E-state index in [1.807, 2.05) is 71.9 Å². The van der Waals surface area contributed by atoms with Gasteiger partial charge in [-0.1, -0.05) is 364 Å². The number of halogens is 1. The van der Waals surface area contributed by atoms with E-state index in [1.54, 1.807) is 12.1 Å². The maximum absolute atomic E-state index is 12.9. The van der Waals surface area contributed by atoms with Gasteiger partial charge in [-0.3, -0.25) is 24.4 Å². The fraction of sp³-hybridized carbons (Fsp3) is 0.392. The zero-order chi connectivity index (χ0) is 99.2. The van der Waals surface area contributed by atoms with Gasteiger partial charge in [0.1, 0.15) is 11.6 Å². The summed E-state index contributed by atoms with van der Waals surface area (Å²) in [5.41, 5.74) is 38.2. The molecule has 1 radical (unpaired) electrons. The maximum atomic E-state index is 12.9. The van der Waals surface area contributed by atoms with Crippen LogP contribution in [0, 0.1) is 37.7 Å². The first kappa shape index (κ1) is 111. The molecule has 2 heterocycles. The molecule has 0 bridgehead atoms. The Morgan fingerprint density at radius 3 is 0.978 bits per heavy atom. The van der Waals surface area contributed by atoms with Crippen LogP contribution in [0.3, 0.4) is 0 Å². The third-order valence-electron chi connectivity index (χ3n) is 26.0. The second-order valence-corrected chi connectivity index (χ2v) is 41.2. The molecule has 0 fully saturated rings. The van der Waals surface area contributed by atoms with Crippen molar-refractivity contribution < 1.29 is 34.5 Å². The van der Waals surface area contributed by atoms with Crippen molar-refractivity contribution in [2.24, 2.45) is 16.7 Å². The fourth-order valence-corrected chi connectivity index (χ4v) is 15.8. The van der Waals surface area contributed by atoms with Gasteiger partial charge in [0.15, 0.2) is 5.82 Å². The van der Waals surface area contributed by atoms with E-state index in [9.17, 15) is 14.4 Å². The Kier molecular flexibility index (Phi) is 40.8. The minimum absolute atomic E-state index is 0. The number of aryl methyl sites for hydroxylation is 3. The molecule has 135 heavy (non-hydrogen) atoms. The number of nitrogens with zero attached hydrogens (tertiary/aromatic N) is 6. The van der Waals surface area contributed by atoms with Crippen LogP contribution in [0.15, 0.2) is 237 Å². The van der Waals surface area contributed by atoms with Crippen LogP contribution in [0.1, 0.15) is 350 Å². The van der Waals surface area contributed by atoms with E-state index in [2.05, 4.69) is 393 Å². The summed E-state index contributed by atoms with van der Waals surface area (Å²) < 4.78 is 4.71. The third kappa shape index (κ3) is 28.6. The zero-order valence-electron chi connectivity index (χ0n) is 86.7. The Bertz CT molecular complexity index is 5710. The van der Waals surface area contributed by atoms with Gasteiger partial charge in [0.05, 0.1) is 11.5 Å². The summed E-state index contributed by atoms with van der Waals surface area (Å²) in [6.07, 6.45) is 3.57. The number of anilines is 2. The summed E-state index contributed by atoms with van der Waals surface area (Å²) in [7, 11) is 0. The van der Waals surface area contributed by atoms with E-state index < -0.39 is 0 Å². The van der Waals surface area contributed by atoms with Crippen LogP contribution in [-0.4, -0.2) is 46.6 Å². The molecule has 13 aromatic rings. The normalized spacial score (nSPS) is 11.6. The number of aromatic nitrogens is 6. The van der Waals surface area contributed by atoms with E-state index >= 15 is 0 Å². The van der Waals surface area contributed by atoms with Crippen molar-refractivity contribution in [1.82, 2.24) is 35.0 Å². The van der Waals surface area contributed by atoms with Crippen LogP contribution >= 0.6 is 11.6 Å². The van der Waals surface area contributed by atoms with Crippen LogP contribution in [0.5, 0.6) is 0 Å². The molecule has 0 saturated carbocycles. The minimum atomic E-state index is -0.374. The molecule has 2 aromatic heterocycles. The second-order valence-electron chi connectivity index (χ2n) is 40.8. The molecule has 719 valence electrons. The monoisotopic (exact) mass is 2010 g/mol. The number of benzene rings is 11. The standard InChI is InChI=1S/C32H39N3.C32H38N3.C24H33NO.C18H23N.C8H10N2O.C6H11ClO.Ir/c2*1-9-32(7,8)31-34-33-30(25-17-13-14-23(6)18-25)35(31)29-27(21(2)3)19-26(20-28(29)22(4)5)24-15-11-10-12-16-24;1-8-24(6,7)23(26)25-22-20(16(2)3)14-19(15-21(22)17(4)5)18-12-10-9-11-13-18;1-12(2)16-10-15(14-8-6-5-7-9-14)11-17(13(3)4)18(16)19;1-6-3-2-4-7(5-6)8(11)10-9;1-4-6(2,3)5(7)8;/h10-22H,9H2,1-8H3;10-16,18-22H,9H2,1-8H3;9-17H,8H2,1-7H3,(H,25,26);5-13H,19H2,1-4H3;2-5H,9H2,1H3,(H,10,11);4H2,1-3H3;/q;-1;;;;;. The van der Waals surface area contributed by atoms with Crippen LogP contribution in [-0.2, 0) is 40.5 Å². The molecule has 13 rings (SSSR count). The molecule has 6 N–H and O–H groups in total. The summed E-state index contributed by atoms with van der Waals surface area (Å²) in [6.45, 7) is 67.2. The molecule has 11 aromatic carbocycles. The topological polar surface area (TPSA) is 189 Å². The van der Waals surface area contributed by atoms with Gasteiger partial charge < -0.3 is 15.6 Å². The Labute approximate surface area is 829 Å². The molecular weight excluding hydrogens is 1860 g/mol. The molecule has 0 aliphatic rings. The Balaban J connectivity index is 0.000000233. The number of carbonyl (C=O) groups excluding carboxylic acids is 3. The molecule has 0 saturated heterocycles. The number of hydrazine groups is 1. The third-order valence-corrected chi connectivity index (χ3v) is 26.5. The maximum Gasteiger partial charge on any atom is 0.265 e. The number of hydrogen-bond donors (Lipinski definition) is 4. The van der Waals surface area contributed by atoms with Gasteiger partial charge in [0.25, 0.3) is 5.91 Å². The van der Waals surface area contributed by atoms with Crippen molar-refractivity contribution in [2.45, 2.75) is 298 Å². The fourth-order valence-electron chi connectivity index (χ4n) is 15.7. The van der Waals surface area contributed by atoms with Crippen molar-refractivity contribution >= 4 is 40.0 Å². The average molecular weight is 2010 g/mol. The van der Waals surface area contributed by atoms with Crippen molar-refractivity contribution in [1.29, 1.82) is 0 Å². The van der Waals surface area contributed by atoms with Gasteiger partial charge in [-0.25, -0.2) is 5.84 Å². The van der Waals surface area contributed by atoms with E-state index in [-0.39, 0.29) is 58.8 Å². The molecule has 0 spiro atoms. The Hall–Kier alpha value is -11.0. The van der Waals surface area contributed by atoms with Gasteiger partial charge >= 0.3 is 0 Å². The molecule has 0 unspecified atom stereocenters. The van der Waals surface area contributed by atoms with Crippen LogP contribution in [0.4, 0.5) is 11.4 Å². The first-order valence-corrected chi connectivity index (χ1v) is 48.8. The number of rotatable bonds is 26. The molecular formula is C120H154ClIrN10O3-. The second kappa shape index (κ2) is 49.7. The molecule has 0 atom stereocenters. The summed E-state index contributed by atoms with van der Waals surface area (Å²) in [5.74, 6) is 11.5. The summed E-state index contributed by atoms with van der Waals surface area (Å²) in [6, 6.07) is 86.3. The van der Waals surface area contributed by atoms with E-state index in [4.69, 9.17) is 43.6 Å². The molecule has 0 aliphatic carbocycles. The van der Waals surface area contributed by atoms with E-state index in [0.29, 0.717) is 52.9 Å². The smallest absolute Gasteiger partial charge is 0.265 e. The quantitative estimate of drug-likeness (QED) is 0.0102. The average Bonchev–Trinajstić information content (AvgIpc) is 1.65. The number of nitrogen functional groups attached to an aromatic ring is 2. The van der Waals surface area contributed by atoms with Crippen LogP contribution in [0.25, 0.3) is 78.7 Å². The summed E-state index contributed by atoms with van der Waals surface area (Å²) in [4.78, 5) is 34.3. The number of hydrogen-bond acceptors (Lipinski definition) is 9. The molecule has 2 amide bonds. The van der Waals surface area contributed by atoms with Gasteiger partial charge in [0, 0.05) is 70.0 Å². The summed E-state index contributed by atoms with van der Waals surface area (Å²) >= 11 is 5.23. The van der Waals surface area contributed by atoms with Crippen molar-refractivity contribution in [3.63, 3.8) is 0 Å². The number of carbonyl (C=O) groups is 3. The van der Waals surface area contributed by atoms with Gasteiger partial charge in [-0.05, 0) is 254 Å². The SMILES string of the molecule is CC(C)c1cc(-c2ccccc2)cc(C(C)C)c1N.CCC(C)(C)C(=O)Cl.CCC(C)(C)C(=O)Nc1c(C(C)C)cc(-c2ccccc2)cc1C(C)C.CCC(C)(C)c1nnc(-c2[c-]ccc(C)c2)n1-c1c(C(C)C)cc(-c2ccccc2)cc1C(C)C.CCC(C)(C)c1nnc(-c2cccc(C)c2)n1-c1c(C(C)C)cc(-c2ccccc2)cc1C(C)C.Cc1cccc(C(=O)NN)c1.[Ir]. The summed E-state index contributed by atoms with van der Waals surface area (Å²) in [5, 5.41) is 22.3. The minimum Gasteiger partial charge on any atom is -0.398 e. The molecule has 0 aliphatic heterocycles. The van der Waals surface area contributed by atoms with Crippen LogP contribution < -0.4 is 22.3 Å². The first-order valence-electron chi connectivity index (χ1n) is 48.4. The molecule has 13 nitrogen and oxygen atoms in total. The largest absolute Gasteiger partial charge is 0.398 e. The van der Waals surface area contributed by atoms with Crippen molar-refractivity contribution in [3.8, 4) is 78.7 Å². The van der Waals surface area contributed by atoms with Gasteiger partial charge in [-0.15, -0.1) is 50.7 Å².